The lowest BCUT2D eigenvalue weighted by Crippen LogP contribution is -2.47. The molecule has 70 valence electrons. The summed E-state index contributed by atoms with van der Waals surface area (Å²) in [6.45, 7) is 1.02. The second-order valence-electron chi connectivity index (χ2n) is 4.30. The standard InChI is InChI=1S/C10H19NO/c12-9-5-8-11-10(9)6-3-1-2-4-7-10/h9,11-12H,1-8H2. The van der Waals surface area contributed by atoms with Crippen LogP contribution in [-0.2, 0) is 0 Å². The van der Waals surface area contributed by atoms with Crippen LogP contribution in [0.25, 0.3) is 0 Å². The third-order valence-electron chi connectivity index (χ3n) is 3.53. The van der Waals surface area contributed by atoms with Crippen molar-refractivity contribution in [1.29, 1.82) is 0 Å². The summed E-state index contributed by atoms with van der Waals surface area (Å²) in [5.74, 6) is 0. The number of aliphatic hydroxyl groups is 1. The highest BCUT2D eigenvalue weighted by Gasteiger charge is 2.41. The fraction of sp³-hybridized carbons (Fsp3) is 1.00. The number of aliphatic hydroxyl groups excluding tert-OH is 1. The summed E-state index contributed by atoms with van der Waals surface area (Å²) >= 11 is 0. The van der Waals surface area contributed by atoms with Crippen LogP contribution >= 0.6 is 0 Å². The Hall–Kier alpha value is -0.0800. The van der Waals surface area contributed by atoms with E-state index >= 15 is 0 Å². The van der Waals surface area contributed by atoms with Crippen molar-refractivity contribution < 1.29 is 5.11 Å². The summed E-state index contributed by atoms with van der Waals surface area (Å²) in [7, 11) is 0. The van der Waals surface area contributed by atoms with Crippen LogP contribution in [0.5, 0.6) is 0 Å². The maximum absolute atomic E-state index is 9.87. The molecule has 1 spiro atoms. The molecule has 2 rings (SSSR count). The van der Waals surface area contributed by atoms with E-state index in [1.165, 1.54) is 38.5 Å². The third kappa shape index (κ3) is 1.38. The lowest BCUT2D eigenvalue weighted by molar-refractivity contribution is 0.0863. The van der Waals surface area contributed by atoms with E-state index in [0.717, 1.165) is 13.0 Å². The highest BCUT2D eigenvalue weighted by atomic mass is 16.3. The van der Waals surface area contributed by atoms with Crippen LogP contribution in [0.4, 0.5) is 0 Å². The molecule has 2 heteroatoms. The van der Waals surface area contributed by atoms with Gasteiger partial charge in [-0.2, -0.15) is 0 Å². The maximum atomic E-state index is 9.87. The molecule has 0 aromatic carbocycles. The highest BCUT2D eigenvalue weighted by molar-refractivity contribution is 5.00. The van der Waals surface area contributed by atoms with Crippen LogP contribution in [-0.4, -0.2) is 23.3 Å². The fourth-order valence-corrected chi connectivity index (χ4v) is 2.72. The lowest BCUT2D eigenvalue weighted by atomic mass is 9.86. The predicted octanol–water partition coefficient (Wildman–Crippen LogP) is 1.43. The molecule has 2 nitrogen and oxygen atoms in total. The first-order valence-electron chi connectivity index (χ1n) is 5.27. The first-order chi connectivity index (χ1) is 5.83. The first kappa shape index (κ1) is 8.52. The Morgan fingerprint density at radius 3 is 2.25 bits per heavy atom. The van der Waals surface area contributed by atoms with Crippen molar-refractivity contribution in [3.05, 3.63) is 0 Å². The highest BCUT2D eigenvalue weighted by Crippen LogP contribution is 2.34. The molecule has 1 heterocycles. The Bertz CT molecular complexity index is 150. The molecule has 1 unspecified atom stereocenters. The summed E-state index contributed by atoms with van der Waals surface area (Å²) in [6, 6.07) is 0. The summed E-state index contributed by atoms with van der Waals surface area (Å²) < 4.78 is 0. The molecule has 2 aliphatic rings. The zero-order valence-corrected chi connectivity index (χ0v) is 7.68. The van der Waals surface area contributed by atoms with Gasteiger partial charge in [-0.3, -0.25) is 0 Å². The molecule has 1 aliphatic carbocycles. The minimum absolute atomic E-state index is 0.0735. The molecular weight excluding hydrogens is 150 g/mol. The van der Waals surface area contributed by atoms with Gasteiger partial charge in [-0.15, -0.1) is 0 Å². The minimum Gasteiger partial charge on any atom is -0.391 e. The average Bonchev–Trinajstić information content (AvgIpc) is 2.33. The van der Waals surface area contributed by atoms with E-state index in [0.29, 0.717) is 0 Å². The van der Waals surface area contributed by atoms with Gasteiger partial charge in [0.05, 0.1) is 6.10 Å². The Morgan fingerprint density at radius 2 is 1.75 bits per heavy atom. The second kappa shape index (κ2) is 3.35. The van der Waals surface area contributed by atoms with Crippen molar-refractivity contribution in [3.63, 3.8) is 0 Å². The SMILES string of the molecule is OC1CCNC12CCCCCC2. The van der Waals surface area contributed by atoms with Gasteiger partial charge in [-0.05, 0) is 25.8 Å². The van der Waals surface area contributed by atoms with Crippen LogP contribution in [0.15, 0.2) is 0 Å². The topological polar surface area (TPSA) is 32.3 Å². The number of hydrogen-bond donors (Lipinski definition) is 2. The smallest absolute Gasteiger partial charge is 0.0733 e. The van der Waals surface area contributed by atoms with E-state index < -0.39 is 0 Å². The molecule has 0 aromatic heterocycles. The van der Waals surface area contributed by atoms with E-state index in [9.17, 15) is 5.11 Å². The van der Waals surface area contributed by atoms with Gasteiger partial charge in [0.15, 0.2) is 0 Å². The van der Waals surface area contributed by atoms with Crippen molar-refractivity contribution in [2.24, 2.45) is 0 Å². The van der Waals surface area contributed by atoms with Gasteiger partial charge in [-0.1, -0.05) is 25.7 Å². The van der Waals surface area contributed by atoms with Gasteiger partial charge in [0.1, 0.15) is 0 Å². The quantitative estimate of drug-likeness (QED) is 0.575. The predicted molar refractivity (Wildman–Crippen MR) is 49.1 cm³/mol. The summed E-state index contributed by atoms with van der Waals surface area (Å²) in [6.07, 6.45) is 8.57. The third-order valence-corrected chi connectivity index (χ3v) is 3.53. The molecular formula is C10H19NO. The van der Waals surface area contributed by atoms with Crippen molar-refractivity contribution in [2.45, 2.75) is 56.6 Å². The summed E-state index contributed by atoms with van der Waals surface area (Å²) in [5, 5.41) is 13.4. The molecule has 1 saturated carbocycles. The van der Waals surface area contributed by atoms with E-state index in [4.69, 9.17) is 0 Å². The molecule has 0 aromatic rings. The maximum Gasteiger partial charge on any atom is 0.0733 e. The fourth-order valence-electron chi connectivity index (χ4n) is 2.72. The van der Waals surface area contributed by atoms with Crippen LogP contribution in [0.3, 0.4) is 0 Å². The van der Waals surface area contributed by atoms with Crippen LogP contribution < -0.4 is 5.32 Å². The van der Waals surface area contributed by atoms with Crippen molar-refractivity contribution >= 4 is 0 Å². The zero-order valence-electron chi connectivity index (χ0n) is 7.68. The molecule has 0 radical (unpaired) electrons. The first-order valence-corrected chi connectivity index (χ1v) is 5.27. The second-order valence-corrected chi connectivity index (χ2v) is 4.30. The molecule has 1 saturated heterocycles. The van der Waals surface area contributed by atoms with E-state index in [1.54, 1.807) is 0 Å². The van der Waals surface area contributed by atoms with Crippen molar-refractivity contribution in [1.82, 2.24) is 5.32 Å². The Labute approximate surface area is 74.4 Å². The lowest BCUT2D eigenvalue weighted by Gasteiger charge is -2.31. The Balaban J connectivity index is 2.05. The molecule has 2 fully saturated rings. The van der Waals surface area contributed by atoms with E-state index in [-0.39, 0.29) is 11.6 Å². The van der Waals surface area contributed by atoms with Gasteiger partial charge >= 0.3 is 0 Å². The zero-order chi connectivity index (χ0) is 8.44. The van der Waals surface area contributed by atoms with Gasteiger partial charge in [-0.25, -0.2) is 0 Å². The molecule has 2 N–H and O–H groups in total. The Morgan fingerprint density at radius 1 is 1.08 bits per heavy atom. The van der Waals surface area contributed by atoms with E-state index in [1.807, 2.05) is 0 Å². The van der Waals surface area contributed by atoms with Gasteiger partial charge < -0.3 is 10.4 Å². The van der Waals surface area contributed by atoms with Crippen molar-refractivity contribution in [2.75, 3.05) is 6.54 Å². The number of nitrogens with one attached hydrogen (secondary N) is 1. The van der Waals surface area contributed by atoms with Crippen LogP contribution in [0, 0.1) is 0 Å². The summed E-state index contributed by atoms with van der Waals surface area (Å²) in [4.78, 5) is 0. The number of hydrogen-bond acceptors (Lipinski definition) is 2. The van der Waals surface area contributed by atoms with Gasteiger partial charge in [0.25, 0.3) is 0 Å². The minimum atomic E-state index is -0.0735. The molecule has 0 bridgehead atoms. The number of rotatable bonds is 0. The largest absolute Gasteiger partial charge is 0.391 e. The molecule has 0 amide bonds. The molecule has 1 atom stereocenters. The van der Waals surface area contributed by atoms with Gasteiger partial charge in [0, 0.05) is 5.54 Å². The van der Waals surface area contributed by atoms with Crippen molar-refractivity contribution in [3.8, 4) is 0 Å². The molecule has 1 aliphatic heterocycles. The van der Waals surface area contributed by atoms with Crippen LogP contribution in [0.1, 0.15) is 44.9 Å². The van der Waals surface area contributed by atoms with E-state index in [2.05, 4.69) is 5.32 Å². The Kier molecular flexibility index (Phi) is 2.37. The van der Waals surface area contributed by atoms with Crippen LogP contribution in [0.2, 0.25) is 0 Å². The normalized spacial score (nSPS) is 35.2. The monoisotopic (exact) mass is 169 g/mol. The van der Waals surface area contributed by atoms with Gasteiger partial charge in [0.2, 0.25) is 0 Å². The summed E-state index contributed by atoms with van der Waals surface area (Å²) in [5.41, 5.74) is 0.122. The molecule has 12 heavy (non-hydrogen) atoms. The average molecular weight is 169 g/mol.